The van der Waals surface area contributed by atoms with Gasteiger partial charge in [-0.05, 0) is 156 Å². The predicted octanol–water partition coefficient (Wildman–Crippen LogP) is 31.1. The van der Waals surface area contributed by atoms with E-state index in [9.17, 15) is 5.26 Å². The molecule has 23 rings (SSSR count). The fourth-order valence-electron chi connectivity index (χ4n) is 18.4. The monoisotopic (exact) mass is 1580 g/mol. The molecule has 0 N–H and O–H groups in total. The average Bonchev–Trinajstić information content (AvgIpc) is 1.46. The number of aryl methyl sites for hydroxylation is 1. The third-order valence-electron chi connectivity index (χ3n) is 23.5. The largest absolute Gasteiger partial charge is 0.370 e. The highest BCUT2D eigenvalue weighted by Crippen LogP contribution is 2.55. The second-order valence-electron chi connectivity index (χ2n) is 29.7. The molecule has 0 aliphatic heterocycles. The molecule has 0 fully saturated rings. The summed E-state index contributed by atoms with van der Waals surface area (Å²) in [5.74, 6) is 0.0729. The van der Waals surface area contributed by atoms with E-state index in [2.05, 4.69) is 205 Å². The normalized spacial score (nSPS) is 11.2. The van der Waals surface area contributed by atoms with Gasteiger partial charge < -0.3 is 22.9 Å². The van der Waals surface area contributed by atoms with Crippen LogP contribution in [0.15, 0.2) is 279 Å². The Morgan fingerprint density at radius 3 is 1.24 bits per heavy atom. The number of hydrogen-bond acceptors (Lipinski definition) is 3. The zero-order chi connectivity index (χ0) is 84.9. The van der Waals surface area contributed by atoms with E-state index in [1.807, 2.05) is 170 Å². The number of allylic oxidation sites excluding steroid dienone is 1. The van der Waals surface area contributed by atoms with E-state index in [1.165, 1.54) is 5.39 Å². The van der Waals surface area contributed by atoms with Crippen molar-refractivity contribution in [2.75, 3.05) is 0 Å². The van der Waals surface area contributed by atoms with Gasteiger partial charge in [-0.3, -0.25) is 43.2 Å². The van der Waals surface area contributed by atoms with E-state index in [4.69, 9.17) is 65.7 Å². The van der Waals surface area contributed by atoms with E-state index in [0.29, 0.717) is 33.4 Å². The van der Waals surface area contributed by atoms with Crippen LogP contribution >= 0.6 is 0 Å². The molecule has 14 aromatic carbocycles. The first-order valence-electron chi connectivity index (χ1n) is 39.1. The maximum atomic E-state index is 10.3. The highest BCUT2D eigenvalue weighted by molar-refractivity contribution is 6.31. The summed E-state index contributed by atoms with van der Waals surface area (Å²) in [5, 5.41) is 29.7. The van der Waals surface area contributed by atoms with Gasteiger partial charge in [-0.25, -0.2) is 0 Å². The number of nitrogens with zero attached hydrogens (tertiary/aromatic N) is 17. The number of para-hydroxylation sites is 4. The number of benzene rings is 14. The number of rotatable bonds is 2. The lowest BCUT2D eigenvalue weighted by molar-refractivity contribution is 1.23. The van der Waals surface area contributed by atoms with Gasteiger partial charge in [0, 0.05) is 59.6 Å². The number of nitriles is 1. The fourth-order valence-corrected chi connectivity index (χ4v) is 18.4. The van der Waals surface area contributed by atoms with Crippen LogP contribution in [0.1, 0.15) is 23.6 Å². The second kappa shape index (κ2) is 29.3. The Kier molecular flexibility index (Phi) is 17.4. The third kappa shape index (κ3) is 10.9. The van der Waals surface area contributed by atoms with Crippen LogP contribution in [0.3, 0.4) is 0 Å². The van der Waals surface area contributed by atoms with Crippen LogP contribution in [-0.4, -0.2) is 27.6 Å². The predicted molar refractivity (Wildman–Crippen MR) is 502 cm³/mol. The average molecular weight is 1580 g/mol. The molecular formula is C107H53N17. The molecular weight excluding hydrogens is 1520 g/mol. The van der Waals surface area contributed by atoms with Crippen molar-refractivity contribution in [2.45, 2.75) is 13.8 Å². The van der Waals surface area contributed by atoms with Crippen molar-refractivity contribution in [3.8, 4) is 17.2 Å². The second-order valence-corrected chi connectivity index (χ2v) is 29.7. The summed E-state index contributed by atoms with van der Waals surface area (Å²) in [4.78, 5) is 45.3. The van der Waals surface area contributed by atoms with Crippen LogP contribution < -0.4 is 0 Å². The highest BCUT2D eigenvalue weighted by Gasteiger charge is 2.30. The molecule has 0 aliphatic rings. The molecule has 0 bridgehead atoms. The van der Waals surface area contributed by atoms with E-state index in [-0.39, 0.29) is 51.3 Å². The van der Waals surface area contributed by atoms with Gasteiger partial charge in [0.25, 0.3) is 17.3 Å². The molecule has 0 saturated carbocycles. The Morgan fingerprint density at radius 1 is 0.306 bits per heavy atom. The number of pyridine rings is 4. The fraction of sp³-hybridized carbons (Fsp3) is 0.0187. The lowest BCUT2D eigenvalue weighted by atomic mass is 9.89. The van der Waals surface area contributed by atoms with Gasteiger partial charge in [-0.1, -0.05) is 238 Å². The molecule has 0 radical (unpaired) electrons. The summed E-state index contributed by atoms with van der Waals surface area (Å²) in [6.07, 6.45) is 3.96. The Bertz CT molecular complexity index is 9130. The molecule has 17 heteroatoms. The first kappa shape index (κ1) is 73.8. The molecule has 17 nitrogen and oxygen atoms in total. The van der Waals surface area contributed by atoms with Crippen molar-refractivity contribution >= 4 is 237 Å². The van der Waals surface area contributed by atoms with Crippen molar-refractivity contribution in [3.05, 3.63) is 410 Å². The zero-order valence-electron chi connectivity index (χ0n) is 65.7. The standard InChI is InChI=1S/C30H17N5.C27H12N4.C26H13N3.C24H11N5/c1-6-11-19-12-7-9-14-21(19)25-18(2)24-16-20-13-8-10-15-23(20)35(24)30-22(17-31)27(32-3)29(34-5)28(33-4)26(25)30;1-28-20-15-23-25(27(30-3)26(20)29-2)24-18-10-6-4-8-16(18)12-13-19(24)22-14-17-9-5-7-11-21(17)31(22)23;1-27-21-14-20-25(15-22(21)28-2)29-23-10-6-4-8-17(23)13-24(29)19-12-11-16-7-3-5-9-18(16)26(19)20;1-25-22-23(26-2)28-24-21(27-22)20-16-9-5-3-7-14(16)11-12-17(20)19-13-15-8-4-6-10-18(15)29(19)24/h6-16H,1-2H3;4-15H;3-15H;3-13H/b11-6-;;;. The first-order valence-corrected chi connectivity index (χ1v) is 39.1. The summed E-state index contributed by atoms with van der Waals surface area (Å²) in [7, 11) is 0. The Labute approximate surface area is 706 Å². The van der Waals surface area contributed by atoms with Crippen molar-refractivity contribution in [1.82, 2.24) is 27.6 Å². The molecule has 0 atom stereocenters. The first-order chi connectivity index (χ1) is 61.0. The number of aromatic nitrogens is 6. The van der Waals surface area contributed by atoms with Gasteiger partial charge in [0.1, 0.15) is 0 Å². The lowest BCUT2D eigenvalue weighted by Crippen LogP contribution is -1.99. The third-order valence-corrected chi connectivity index (χ3v) is 23.5. The minimum atomic E-state index is -0.0726. The molecule has 9 heterocycles. The van der Waals surface area contributed by atoms with Crippen LogP contribution in [-0.2, 0) is 0 Å². The van der Waals surface area contributed by atoms with E-state index in [1.54, 1.807) is 6.07 Å². The van der Waals surface area contributed by atoms with Crippen LogP contribution in [0.25, 0.3) is 240 Å². The minimum Gasteiger partial charge on any atom is -0.370 e. The zero-order valence-corrected chi connectivity index (χ0v) is 65.7. The summed E-state index contributed by atoms with van der Waals surface area (Å²) in [5.41, 5.74) is 16.6. The molecule has 124 heavy (non-hydrogen) atoms. The Morgan fingerprint density at radius 2 is 0.718 bits per heavy atom. The van der Waals surface area contributed by atoms with Gasteiger partial charge in [0.05, 0.1) is 108 Å². The maximum absolute atomic E-state index is 10.3. The smallest absolute Gasteiger partial charge is 0.295 e. The Hall–Kier alpha value is -19.0. The molecule has 23 aromatic rings. The number of hydrogen-bond donors (Lipinski definition) is 0. The maximum Gasteiger partial charge on any atom is 0.295 e. The molecule has 9 aromatic heterocycles. The minimum absolute atomic E-state index is 0.0335. The molecule has 566 valence electrons. The summed E-state index contributed by atoms with van der Waals surface area (Å²) in [6, 6.07) is 93.9. The van der Waals surface area contributed by atoms with Crippen LogP contribution in [0, 0.1) is 84.0 Å². The van der Waals surface area contributed by atoms with E-state index >= 15 is 0 Å². The van der Waals surface area contributed by atoms with E-state index < -0.39 is 0 Å². The topological polar surface area (TPSA) is 111 Å². The van der Waals surface area contributed by atoms with Crippen molar-refractivity contribution in [2.24, 2.45) is 0 Å². The molecule has 0 aliphatic carbocycles. The summed E-state index contributed by atoms with van der Waals surface area (Å²) >= 11 is 0. The van der Waals surface area contributed by atoms with Gasteiger partial charge >= 0.3 is 0 Å². The molecule has 0 spiro atoms. The molecule has 0 saturated heterocycles. The lowest BCUT2D eigenvalue weighted by Gasteiger charge is -2.20. The number of fused-ring (bicyclic) bond motifs is 35. The SMILES string of the molecule is [C-]#[N+]c1c([N+]#[C-])c(C#N)c2c(c1[N+]#[C-])c(-c1ccccc1/C=C\C)c(C)c1cc3ccccc3n12.[C-]#[N+]c1cc2c(c([N+]#[C-])c1[N+]#[C-])c1c3ccccc3ccc1c1cc3ccccc3n12.[C-]#[N+]c1cc2c3c4ccccc4ccc3c3cc4ccccc4n3c2cc1[N+]#[C-].[C-]#[N+]c1nc2c3c4ccccc4ccc3c3cc4ccccc4n3c2nc1[N+]#[C-]. The van der Waals surface area contributed by atoms with Gasteiger partial charge in [0.2, 0.25) is 22.6 Å². The van der Waals surface area contributed by atoms with Crippen molar-refractivity contribution < 1.29 is 0 Å². The van der Waals surface area contributed by atoms with Crippen molar-refractivity contribution in [1.29, 1.82) is 5.26 Å². The van der Waals surface area contributed by atoms with Crippen LogP contribution in [0.5, 0.6) is 0 Å². The summed E-state index contributed by atoms with van der Waals surface area (Å²) < 4.78 is 8.37. The van der Waals surface area contributed by atoms with E-state index in [0.717, 1.165) is 169 Å². The quantitative estimate of drug-likeness (QED) is 0.127. The van der Waals surface area contributed by atoms with Crippen LogP contribution in [0.4, 0.5) is 57.1 Å². The highest BCUT2D eigenvalue weighted by atomic mass is 15.1. The van der Waals surface area contributed by atoms with Gasteiger partial charge in [-0.2, -0.15) is 5.26 Å². The van der Waals surface area contributed by atoms with Gasteiger partial charge in [0.15, 0.2) is 28.4 Å². The summed E-state index contributed by atoms with van der Waals surface area (Å²) in [6.45, 7) is 80.9. The molecule has 0 amide bonds. The Balaban J connectivity index is 0.000000105. The van der Waals surface area contributed by atoms with Crippen LogP contribution in [0.2, 0.25) is 0 Å². The van der Waals surface area contributed by atoms with Gasteiger partial charge in [-0.15, -0.1) is 9.97 Å². The van der Waals surface area contributed by atoms with Crippen molar-refractivity contribution in [3.63, 3.8) is 0 Å². The molecule has 0 unspecified atom stereocenters.